The molecule has 1 amide bonds. The third kappa shape index (κ3) is 9.00. The van der Waals surface area contributed by atoms with Gasteiger partial charge in [0.15, 0.2) is 0 Å². The van der Waals surface area contributed by atoms with Crippen molar-refractivity contribution in [3.63, 3.8) is 0 Å². The van der Waals surface area contributed by atoms with Crippen LogP contribution in [0.5, 0.6) is 0 Å². The van der Waals surface area contributed by atoms with E-state index in [1.165, 1.54) is 0 Å². The minimum Gasteiger partial charge on any atom is -0.353 e. The van der Waals surface area contributed by atoms with E-state index in [1.54, 1.807) is 0 Å². The molecule has 0 saturated carbocycles. The van der Waals surface area contributed by atoms with Crippen LogP contribution in [0.3, 0.4) is 0 Å². The van der Waals surface area contributed by atoms with Gasteiger partial charge in [0.1, 0.15) is 0 Å². The maximum absolute atomic E-state index is 11.9. The molecule has 0 radical (unpaired) electrons. The summed E-state index contributed by atoms with van der Waals surface area (Å²) in [6.07, 6.45) is 4.89. The number of carbonyl (C=O) groups is 1. The summed E-state index contributed by atoms with van der Waals surface area (Å²) >= 11 is 0. The second-order valence-electron chi connectivity index (χ2n) is 6.47. The Hall–Kier alpha value is -0.610. The molecule has 0 aromatic heterocycles. The lowest BCUT2D eigenvalue weighted by Gasteiger charge is -2.34. The van der Waals surface area contributed by atoms with Gasteiger partial charge in [0.05, 0.1) is 0 Å². The van der Waals surface area contributed by atoms with Gasteiger partial charge in [0.25, 0.3) is 0 Å². The number of nitrogens with one attached hydrogen (secondary N) is 1. The van der Waals surface area contributed by atoms with Gasteiger partial charge in [-0.15, -0.1) is 0 Å². The summed E-state index contributed by atoms with van der Waals surface area (Å²) in [4.78, 5) is 14.0. The van der Waals surface area contributed by atoms with Crippen LogP contribution < -0.4 is 11.1 Å². The molecule has 19 heavy (non-hydrogen) atoms. The molecule has 0 bridgehead atoms. The van der Waals surface area contributed by atoms with Crippen molar-refractivity contribution < 1.29 is 4.79 Å². The molecule has 0 saturated heterocycles. The minimum absolute atomic E-state index is 0.0821. The van der Waals surface area contributed by atoms with Crippen LogP contribution in [0, 0.1) is 5.41 Å². The molecule has 4 heteroatoms. The largest absolute Gasteiger partial charge is 0.353 e. The standard InChI is InChI=1S/C15H33N3O/c1-13(15(2,3)12-18(4)5)17-14(19)10-8-6-7-9-11-16/h13H,6-12,16H2,1-5H3,(H,17,19). The molecular formula is C15H33N3O. The third-order valence-electron chi connectivity index (χ3n) is 3.63. The fourth-order valence-corrected chi connectivity index (χ4v) is 2.24. The lowest BCUT2D eigenvalue weighted by molar-refractivity contribution is -0.122. The molecule has 1 atom stereocenters. The van der Waals surface area contributed by atoms with E-state index in [-0.39, 0.29) is 17.4 Å². The zero-order valence-corrected chi connectivity index (χ0v) is 13.5. The Morgan fingerprint density at radius 2 is 1.79 bits per heavy atom. The molecule has 0 aliphatic carbocycles. The van der Waals surface area contributed by atoms with Gasteiger partial charge in [0.2, 0.25) is 5.91 Å². The molecule has 0 fully saturated rings. The topological polar surface area (TPSA) is 58.4 Å². The predicted molar refractivity (Wildman–Crippen MR) is 82.1 cm³/mol. The van der Waals surface area contributed by atoms with Gasteiger partial charge in [-0.05, 0) is 45.8 Å². The first-order chi connectivity index (χ1) is 8.79. The number of carbonyl (C=O) groups excluding carboxylic acids is 1. The number of unbranched alkanes of at least 4 members (excludes halogenated alkanes) is 3. The maximum atomic E-state index is 11.9. The lowest BCUT2D eigenvalue weighted by atomic mass is 9.85. The van der Waals surface area contributed by atoms with Crippen molar-refractivity contribution in [3.05, 3.63) is 0 Å². The Morgan fingerprint density at radius 3 is 2.32 bits per heavy atom. The first kappa shape index (κ1) is 18.4. The second kappa shape index (κ2) is 9.32. The van der Waals surface area contributed by atoms with Crippen molar-refractivity contribution >= 4 is 5.91 Å². The summed E-state index contributed by atoms with van der Waals surface area (Å²) in [5.41, 5.74) is 5.52. The van der Waals surface area contributed by atoms with E-state index >= 15 is 0 Å². The highest BCUT2D eigenvalue weighted by atomic mass is 16.1. The molecule has 3 N–H and O–H groups in total. The second-order valence-corrected chi connectivity index (χ2v) is 6.47. The van der Waals surface area contributed by atoms with E-state index in [2.05, 4.69) is 45.1 Å². The van der Waals surface area contributed by atoms with Crippen LogP contribution in [-0.2, 0) is 4.79 Å². The smallest absolute Gasteiger partial charge is 0.220 e. The molecule has 0 aromatic rings. The summed E-state index contributed by atoms with van der Waals surface area (Å²) < 4.78 is 0. The lowest BCUT2D eigenvalue weighted by Crippen LogP contribution is -2.47. The van der Waals surface area contributed by atoms with Gasteiger partial charge >= 0.3 is 0 Å². The fraction of sp³-hybridized carbons (Fsp3) is 0.933. The average molecular weight is 271 g/mol. The molecule has 0 aliphatic heterocycles. The van der Waals surface area contributed by atoms with E-state index in [0.717, 1.165) is 38.8 Å². The van der Waals surface area contributed by atoms with Crippen molar-refractivity contribution in [1.29, 1.82) is 0 Å². The monoisotopic (exact) mass is 271 g/mol. The van der Waals surface area contributed by atoms with Gasteiger partial charge in [-0.3, -0.25) is 4.79 Å². The van der Waals surface area contributed by atoms with Gasteiger partial charge in [-0.1, -0.05) is 26.7 Å². The van der Waals surface area contributed by atoms with E-state index in [0.29, 0.717) is 6.42 Å². The minimum atomic E-state index is 0.0821. The van der Waals surface area contributed by atoms with Crippen molar-refractivity contribution in [2.24, 2.45) is 11.1 Å². The normalized spacial score (nSPS) is 13.6. The van der Waals surface area contributed by atoms with Crippen LogP contribution in [0.4, 0.5) is 0 Å². The van der Waals surface area contributed by atoms with Crippen molar-refractivity contribution in [1.82, 2.24) is 10.2 Å². The maximum Gasteiger partial charge on any atom is 0.220 e. The summed E-state index contributed by atoms with van der Waals surface area (Å²) in [6, 6.07) is 0.187. The fourth-order valence-electron chi connectivity index (χ4n) is 2.24. The zero-order valence-electron chi connectivity index (χ0n) is 13.5. The molecule has 0 aliphatic rings. The van der Waals surface area contributed by atoms with E-state index in [4.69, 9.17) is 5.73 Å². The predicted octanol–water partition coefficient (Wildman–Crippen LogP) is 1.99. The van der Waals surface area contributed by atoms with E-state index in [9.17, 15) is 4.79 Å². The number of nitrogens with two attached hydrogens (primary N) is 1. The van der Waals surface area contributed by atoms with Crippen LogP contribution in [-0.4, -0.2) is 44.0 Å². The SMILES string of the molecule is CC(NC(=O)CCCCCCN)C(C)(C)CN(C)C. The summed E-state index contributed by atoms with van der Waals surface area (Å²) in [5, 5.41) is 3.13. The first-order valence-electron chi connectivity index (χ1n) is 7.43. The van der Waals surface area contributed by atoms with Crippen LogP contribution in [0.25, 0.3) is 0 Å². The van der Waals surface area contributed by atoms with Crippen molar-refractivity contribution in [3.8, 4) is 0 Å². The molecule has 0 heterocycles. The van der Waals surface area contributed by atoms with Crippen LogP contribution in [0.15, 0.2) is 0 Å². The Bertz CT molecular complexity index is 252. The van der Waals surface area contributed by atoms with Crippen LogP contribution in [0.2, 0.25) is 0 Å². The average Bonchev–Trinajstić information content (AvgIpc) is 2.26. The molecule has 4 nitrogen and oxygen atoms in total. The van der Waals surface area contributed by atoms with Gasteiger partial charge in [-0.2, -0.15) is 0 Å². The quantitative estimate of drug-likeness (QED) is 0.597. The van der Waals surface area contributed by atoms with Crippen molar-refractivity contribution in [2.45, 2.75) is 58.9 Å². The Labute approximate surface area is 119 Å². The van der Waals surface area contributed by atoms with E-state index < -0.39 is 0 Å². The highest BCUT2D eigenvalue weighted by Crippen LogP contribution is 2.21. The molecule has 0 aromatic carbocycles. The van der Waals surface area contributed by atoms with Gasteiger partial charge in [0, 0.05) is 19.0 Å². The van der Waals surface area contributed by atoms with Gasteiger partial charge < -0.3 is 16.0 Å². The third-order valence-corrected chi connectivity index (χ3v) is 3.63. The first-order valence-corrected chi connectivity index (χ1v) is 7.43. The molecule has 0 spiro atoms. The highest BCUT2D eigenvalue weighted by molar-refractivity contribution is 5.76. The highest BCUT2D eigenvalue weighted by Gasteiger charge is 2.27. The number of nitrogens with zero attached hydrogens (tertiary/aromatic N) is 1. The Balaban J connectivity index is 3.91. The molecular weight excluding hydrogens is 238 g/mol. The Kier molecular flexibility index (Phi) is 9.02. The number of rotatable bonds is 10. The van der Waals surface area contributed by atoms with E-state index in [1.807, 2.05) is 0 Å². The molecule has 114 valence electrons. The molecule has 0 rings (SSSR count). The van der Waals surface area contributed by atoms with Crippen LogP contribution >= 0.6 is 0 Å². The number of amides is 1. The Morgan fingerprint density at radius 1 is 1.21 bits per heavy atom. The zero-order chi connectivity index (χ0) is 14.9. The number of hydrogen-bond acceptors (Lipinski definition) is 3. The number of hydrogen-bond donors (Lipinski definition) is 2. The molecule has 1 unspecified atom stereocenters. The summed E-state index contributed by atoms with van der Waals surface area (Å²) in [5.74, 6) is 0.173. The van der Waals surface area contributed by atoms with Crippen LogP contribution in [0.1, 0.15) is 52.9 Å². The summed E-state index contributed by atoms with van der Waals surface area (Å²) in [7, 11) is 4.13. The van der Waals surface area contributed by atoms with Gasteiger partial charge in [-0.25, -0.2) is 0 Å². The summed E-state index contributed by atoms with van der Waals surface area (Å²) in [6.45, 7) is 8.20. The van der Waals surface area contributed by atoms with Crippen molar-refractivity contribution in [2.75, 3.05) is 27.2 Å².